The fourth-order valence-electron chi connectivity index (χ4n) is 2.14. The number of carbonyl (C=O) groups is 4. The van der Waals surface area contributed by atoms with Gasteiger partial charge in [-0.15, -0.1) is 0 Å². The van der Waals surface area contributed by atoms with Crippen molar-refractivity contribution in [1.29, 1.82) is 0 Å². The summed E-state index contributed by atoms with van der Waals surface area (Å²) >= 11 is 0. The molecule has 0 aliphatic rings. The number of aliphatic carboxylic acids is 2. The first kappa shape index (κ1) is 19.1. The SMILES string of the molecule is COC(=O)[C@@H](CC(=O)O)[C@H](CC(=O)O)C(=O)OCc1ccccc1. The van der Waals surface area contributed by atoms with Crippen molar-refractivity contribution in [2.75, 3.05) is 7.11 Å². The molecule has 8 heteroatoms. The minimum atomic E-state index is -1.45. The number of carboxylic acid groups (broad SMARTS) is 2. The minimum absolute atomic E-state index is 0.114. The van der Waals surface area contributed by atoms with Crippen LogP contribution in [-0.2, 0) is 35.3 Å². The summed E-state index contributed by atoms with van der Waals surface area (Å²) < 4.78 is 9.53. The number of ether oxygens (including phenoxy) is 2. The molecule has 0 fully saturated rings. The second-order valence-corrected chi connectivity index (χ2v) is 5.03. The van der Waals surface area contributed by atoms with Crippen molar-refractivity contribution in [1.82, 2.24) is 0 Å². The van der Waals surface area contributed by atoms with Crippen LogP contribution < -0.4 is 0 Å². The van der Waals surface area contributed by atoms with E-state index in [1.165, 1.54) is 0 Å². The molecule has 0 heterocycles. The maximum absolute atomic E-state index is 12.2. The predicted octanol–water partition coefficient (Wildman–Crippen LogP) is 1.08. The Morgan fingerprint density at radius 3 is 1.88 bits per heavy atom. The van der Waals surface area contributed by atoms with E-state index in [4.69, 9.17) is 14.9 Å². The highest BCUT2D eigenvalue weighted by molar-refractivity contribution is 5.87. The predicted molar refractivity (Wildman–Crippen MR) is 79.7 cm³/mol. The van der Waals surface area contributed by atoms with Crippen molar-refractivity contribution in [2.45, 2.75) is 19.4 Å². The van der Waals surface area contributed by atoms with Gasteiger partial charge in [0.25, 0.3) is 0 Å². The lowest BCUT2D eigenvalue weighted by Gasteiger charge is -2.21. The highest BCUT2D eigenvalue weighted by atomic mass is 16.5. The van der Waals surface area contributed by atoms with E-state index in [1.807, 2.05) is 0 Å². The number of carboxylic acids is 2. The van der Waals surface area contributed by atoms with Gasteiger partial charge in [0, 0.05) is 0 Å². The zero-order chi connectivity index (χ0) is 18.1. The maximum Gasteiger partial charge on any atom is 0.310 e. The molecule has 1 rings (SSSR count). The van der Waals surface area contributed by atoms with E-state index in [0.717, 1.165) is 7.11 Å². The average molecular weight is 338 g/mol. The molecule has 1 aromatic rings. The first-order chi connectivity index (χ1) is 11.3. The van der Waals surface area contributed by atoms with Crippen LogP contribution in [0.15, 0.2) is 30.3 Å². The molecule has 0 aliphatic carbocycles. The Morgan fingerprint density at radius 1 is 0.917 bits per heavy atom. The molecular formula is C16H18O8. The van der Waals surface area contributed by atoms with Crippen LogP contribution in [0.3, 0.4) is 0 Å². The molecule has 0 amide bonds. The smallest absolute Gasteiger partial charge is 0.310 e. The number of rotatable bonds is 9. The van der Waals surface area contributed by atoms with Gasteiger partial charge in [-0.1, -0.05) is 30.3 Å². The quantitative estimate of drug-likeness (QED) is 0.640. The third kappa shape index (κ3) is 6.07. The van der Waals surface area contributed by atoms with Gasteiger partial charge < -0.3 is 19.7 Å². The second kappa shape index (κ2) is 9.29. The molecule has 0 saturated carbocycles. The van der Waals surface area contributed by atoms with Crippen LogP contribution in [0.25, 0.3) is 0 Å². The molecule has 0 unspecified atom stereocenters. The maximum atomic E-state index is 12.2. The van der Waals surface area contributed by atoms with Gasteiger partial charge in [0.15, 0.2) is 0 Å². The van der Waals surface area contributed by atoms with Gasteiger partial charge >= 0.3 is 23.9 Å². The topological polar surface area (TPSA) is 127 Å². The summed E-state index contributed by atoms with van der Waals surface area (Å²) in [5, 5.41) is 17.8. The Labute approximate surface area is 138 Å². The number of methoxy groups -OCH3 is 1. The molecule has 130 valence electrons. The molecule has 2 atom stereocenters. The Balaban J connectivity index is 2.91. The summed E-state index contributed by atoms with van der Waals surface area (Å²) in [6.45, 7) is -0.114. The van der Waals surface area contributed by atoms with Crippen LogP contribution in [0, 0.1) is 11.8 Å². The Kier molecular flexibility index (Phi) is 7.41. The van der Waals surface area contributed by atoms with Gasteiger partial charge in [0.2, 0.25) is 0 Å². The fraction of sp³-hybridized carbons (Fsp3) is 0.375. The first-order valence-electron chi connectivity index (χ1n) is 7.07. The summed E-state index contributed by atoms with van der Waals surface area (Å²) in [5.41, 5.74) is 0.674. The van der Waals surface area contributed by atoms with Crippen LogP contribution in [-0.4, -0.2) is 41.2 Å². The van der Waals surface area contributed by atoms with Crippen LogP contribution >= 0.6 is 0 Å². The summed E-state index contributed by atoms with van der Waals surface area (Å²) in [5.74, 6) is -7.52. The molecular weight excluding hydrogens is 320 g/mol. The summed E-state index contributed by atoms with van der Waals surface area (Å²) in [7, 11) is 1.03. The lowest BCUT2D eigenvalue weighted by atomic mass is 9.87. The zero-order valence-corrected chi connectivity index (χ0v) is 13.0. The van der Waals surface area contributed by atoms with Crippen molar-refractivity contribution < 1.29 is 38.9 Å². The standard InChI is InChI=1S/C16H18O8/c1-23-15(21)11(7-13(17)18)12(8-14(19)20)16(22)24-9-10-5-3-2-4-6-10/h2-6,11-12H,7-9H2,1H3,(H,17,18)(H,19,20)/t11-,12-/m0/s1. The van der Waals surface area contributed by atoms with E-state index in [-0.39, 0.29) is 6.61 Å². The van der Waals surface area contributed by atoms with E-state index < -0.39 is 48.6 Å². The second-order valence-electron chi connectivity index (χ2n) is 5.03. The third-order valence-electron chi connectivity index (χ3n) is 3.31. The first-order valence-corrected chi connectivity index (χ1v) is 7.07. The van der Waals surface area contributed by atoms with Gasteiger partial charge in [-0.3, -0.25) is 19.2 Å². The van der Waals surface area contributed by atoms with Crippen LogP contribution in [0.4, 0.5) is 0 Å². The van der Waals surface area contributed by atoms with E-state index in [1.54, 1.807) is 30.3 Å². The molecule has 0 saturated heterocycles. The van der Waals surface area contributed by atoms with Gasteiger partial charge in [0.1, 0.15) is 6.61 Å². The van der Waals surface area contributed by atoms with E-state index in [9.17, 15) is 19.2 Å². The van der Waals surface area contributed by atoms with Crippen molar-refractivity contribution in [3.05, 3.63) is 35.9 Å². The lowest BCUT2D eigenvalue weighted by molar-refractivity contribution is -0.165. The van der Waals surface area contributed by atoms with Crippen molar-refractivity contribution in [3.63, 3.8) is 0 Å². The van der Waals surface area contributed by atoms with E-state index >= 15 is 0 Å². The summed E-state index contributed by atoms with van der Waals surface area (Å²) in [6.07, 6.45) is -1.47. The van der Waals surface area contributed by atoms with Crippen LogP contribution in [0.1, 0.15) is 18.4 Å². The lowest BCUT2D eigenvalue weighted by Crippen LogP contribution is -2.35. The summed E-state index contributed by atoms with van der Waals surface area (Å²) in [4.78, 5) is 45.9. The largest absolute Gasteiger partial charge is 0.481 e. The van der Waals surface area contributed by atoms with Crippen molar-refractivity contribution in [2.24, 2.45) is 11.8 Å². The Morgan fingerprint density at radius 2 is 1.42 bits per heavy atom. The van der Waals surface area contributed by atoms with Gasteiger partial charge in [0.05, 0.1) is 31.8 Å². The Bertz CT molecular complexity index is 595. The highest BCUT2D eigenvalue weighted by Gasteiger charge is 2.38. The van der Waals surface area contributed by atoms with Crippen molar-refractivity contribution >= 4 is 23.9 Å². The number of benzene rings is 1. The average Bonchev–Trinajstić information content (AvgIpc) is 2.55. The Hall–Kier alpha value is -2.90. The molecule has 2 N–H and O–H groups in total. The molecule has 0 aromatic heterocycles. The molecule has 0 radical (unpaired) electrons. The van der Waals surface area contributed by atoms with E-state index in [0.29, 0.717) is 5.56 Å². The third-order valence-corrected chi connectivity index (χ3v) is 3.31. The van der Waals surface area contributed by atoms with Crippen LogP contribution in [0.5, 0.6) is 0 Å². The monoisotopic (exact) mass is 338 g/mol. The van der Waals surface area contributed by atoms with Gasteiger partial charge in [-0.2, -0.15) is 0 Å². The number of hydrogen-bond donors (Lipinski definition) is 2. The van der Waals surface area contributed by atoms with Crippen LogP contribution in [0.2, 0.25) is 0 Å². The highest BCUT2D eigenvalue weighted by Crippen LogP contribution is 2.24. The normalized spacial score (nSPS) is 12.7. The fourth-order valence-corrected chi connectivity index (χ4v) is 2.14. The molecule has 24 heavy (non-hydrogen) atoms. The van der Waals surface area contributed by atoms with Crippen molar-refractivity contribution in [3.8, 4) is 0 Å². The molecule has 8 nitrogen and oxygen atoms in total. The number of carbonyl (C=O) groups excluding carboxylic acids is 2. The number of hydrogen-bond acceptors (Lipinski definition) is 6. The van der Waals surface area contributed by atoms with E-state index in [2.05, 4.69) is 4.74 Å². The molecule has 0 bridgehead atoms. The minimum Gasteiger partial charge on any atom is -0.481 e. The number of esters is 2. The van der Waals surface area contributed by atoms with Gasteiger partial charge in [-0.25, -0.2) is 0 Å². The summed E-state index contributed by atoms with van der Waals surface area (Å²) in [6, 6.07) is 8.65. The molecule has 0 aliphatic heterocycles. The molecule has 0 spiro atoms. The zero-order valence-electron chi connectivity index (χ0n) is 13.0. The molecule has 1 aromatic carbocycles. The van der Waals surface area contributed by atoms with Gasteiger partial charge in [-0.05, 0) is 5.56 Å².